The minimum Gasteiger partial charge on any atom is -0.508 e. The average molecular weight is 382 g/mol. The van der Waals surface area contributed by atoms with E-state index in [-0.39, 0.29) is 49.8 Å². The molecule has 1 rings (SSSR count). The Morgan fingerprint density at radius 2 is 1.73 bits per heavy atom. The topological polar surface area (TPSA) is 20.2 Å². The first kappa shape index (κ1) is 11.5. The summed E-state index contributed by atoms with van der Waals surface area (Å²) in [6.07, 6.45) is 0. The van der Waals surface area contributed by atoms with Crippen LogP contribution in [0.2, 0.25) is 5.02 Å². The fourth-order valence-corrected chi connectivity index (χ4v) is 0.768. The molecule has 0 saturated heterocycles. The second-order valence-corrected chi connectivity index (χ2v) is 2.39. The van der Waals surface area contributed by atoms with Crippen molar-refractivity contribution in [1.82, 2.24) is 0 Å². The zero-order valence-corrected chi connectivity index (χ0v) is 11.4. The molecule has 0 aliphatic rings. The minimum absolute atomic E-state index is 0. The Morgan fingerprint density at radius 1 is 1.27 bits per heavy atom. The van der Waals surface area contributed by atoms with Gasteiger partial charge < -0.3 is 5.11 Å². The van der Waals surface area contributed by atoms with Gasteiger partial charge in [-0.2, -0.15) is 0 Å². The molecule has 1 radical (unpaired) electrons. The zero-order valence-electron chi connectivity index (χ0n) is 5.92. The number of hydrogen-bond donors (Lipinski definition) is 1. The van der Waals surface area contributed by atoms with Crippen molar-refractivity contribution in [1.29, 1.82) is 0 Å². The number of halogens is 1. The molecular formula is C8H7AcClO. The van der Waals surface area contributed by atoms with E-state index in [0.717, 1.165) is 0 Å². The van der Waals surface area contributed by atoms with Crippen LogP contribution >= 0.6 is 11.6 Å². The van der Waals surface area contributed by atoms with Crippen LogP contribution in [0.5, 0.6) is 0 Å². The molecular weight excluding hydrogens is 375 g/mol. The third-order valence-corrected chi connectivity index (χ3v) is 1.43. The summed E-state index contributed by atoms with van der Waals surface area (Å²) in [5.41, 5.74) is 0.699. The van der Waals surface area contributed by atoms with Gasteiger partial charge in [-0.3, -0.25) is 0 Å². The average Bonchev–Trinajstić information content (AvgIpc) is 1.88. The first-order valence-electron chi connectivity index (χ1n) is 2.84. The van der Waals surface area contributed by atoms with Gasteiger partial charge in [0, 0.05) is 54.6 Å². The molecule has 55 valence electrons. The van der Waals surface area contributed by atoms with Crippen molar-refractivity contribution in [2.24, 2.45) is 0 Å². The Balaban J connectivity index is 0.000001000. The van der Waals surface area contributed by atoms with Gasteiger partial charge >= 0.3 is 0 Å². The van der Waals surface area contributed by atoms with E-state index >= 15 is 0 Å². The Hall–Kier alpha value is 0.492. The van der Waals surface area contributed by atoms with Crippen molar-refractivity contribution >= 4 is 17.4 Å². The van der Waals surface area contributed by atoms with E-state index in [0.29, 0.717) is 10.6 Å². The molecule has 0 fully saturated rings. The van der Waals surface area contributed by atoms with Gasteiger partial charge in [0.2, 0.25) is 0 Å². The summed E-state index contributed by atoms with van der Waals surface area (Å²) in [5, 5.41) is 9.53. The maximum absolute atomic E-state index is 8.88. The van der Waals surface area contributed by atoms with E-state index < -0.39 is 0 Å². The Bertz CT molecular complexity index is 243. The van der Waals surface area contributed by atoms with Crippen LogP contribution in [-0.4, -0.2) is 5.11 Å². The van der Waals surface area contributed by atoms with Crippen LogP contribution in [-0.2, 0) is 0 Å². The van der Waals surface area contributed by atoms with E-state index in [9.17, 15) is 0 Å². The van der Waals surface area contributed by atoms with Crippen LogP contribution < -0.4 is 0 Å². The van der Waals surface area contributed by atoms with Gasteiger partial charge in [-0.25, -0.2) is 0 Å². The molecule has 1 N–H and O–H groups in total. The Labute approximate surface area is 107 Å². The molecule has 0 atom stereocenters. The molecule has 0 bridgehead atoms. The summed E-state index contributed by atoms with van der Waals surface area (Å²) in [6, 6.07) is 6.84. The molecule has 0 heterocycles. The summed E-state index contributed by atoms with van der Waals surface area (Å²) < 4.78 is 0. The molecule has 0 unspecified atom stereocenters. The van der Waals surface area contributed by atoms with Crippen LogP contribution in [0.4, 0.5) is 0 Å². The van der Waals surface area contributed by atoms with Crippen LogP contribution in [0.25, 0.3) is 5.76 Å². The van der Waals surface area contributed by atoms with Crippen molar-refractivity contribution in [2.45, 2.75) is 0 Å². The monoisotopic (exact) mass is 381 g/mol. The van der Waals surface area contributed by atoms with Crippen molar-refractivity contribution in [3.8, 4) is 0 Å². The summed E-state index contributed by atoms with van der Waals surface area (Å²) >= 11 is 5.61. The standard InChI is InChI=1S/C8H7ClO.Ac/c1-6(10)7-2-4-8(9)5-3-7;/h2-5,10H,1H2;. The van der Waals surface area contributed by atoms with Gasteiger partial charge in [0.15, 0.2) is 0 Å². The second-order valence-electron chi connectivity index (χ2n) is 1.95. The molecule has 0 saturated carbocycles. The Morgan fingerprint density at radius 3 is 2.09 bits per heavy atom. The smallest absolute Gasteiger partial charge is 0.115 e. The quantitative estimate of drug-likeness (QED) is 0.742. The summed E-state index contributed by atoms with van der Waals surface area (Å²) in [4.78, 5) is 0. The van der Waals surface area contributed by atoms with Gasteiger partial charge in [0.05, 0.1) is 0 Å². The predicted molar refractivity (Wildman–Crippen MR) is 43.1 cm³/mol. The van der Waals surface area contributed by atoms with Gasteiger partial charge in [-0.1, -0.05) is 18.2 Å². The van der Waals surface area contributed by atoms with Crippen LogP contribution in [0.15, 0.2) is 30.8 Å². The maximum atomic E-state index is 8.88. The maximum Gasteiger partial charge on any atom is 0.115 e. The van der Waals surface area contributed by atoms with Crippen LogP contribution in [0.1, 0.15) is 5.56 Å². The van der Waals surface area contributed by atoms with Gasteiger partial charge in [-0.05, 0) is 24.3 Å². The molecule has 11 heavy (non-hydrogen) atoms. The molecule has 0 aliphatic carbocycles. The summed E-state index contributed by atoms with van der Waals surface area (Å²) in [5.74, 6) is 0.0664. The Kier molecular flexibility index (Phi) is 5.42. The third kappa shape index (κ3) is 3.60. The van der Waals surface area contributed by atoms with Crippen molar-refractivity contribution in [2.75, 3.05) is 0 Å². The number of aliphatic hydroxyl groups excluding tert-OH is 1. The molecule has 0 aliphatic heterocycles. The molecule has 3 heteroatoms. The first-order chi connectivity index (χ1) is 4.70. The van der Waals surface area contributed by atoms with Crippen molar-refractivity contribution < 1.29 is 49.2 Å². The minimum atomic E-state index is 0. The fraction of sp³-hybridized carbons (Fsp3) is 0. The van der Waals surface area contributed by atoms with E-state index in [4.69, 9.17) is 16.7 Å². The first-order valence-corrected chi connectivity index (χ1v) is 3.22. The number of benzene rings is 1. The van der Waals surface area contributed by atoms with E-state index in [1.807, 2.05) is 0 Å². The van der Waals surface area contributed by atoms with Crippen molar-refractivity contribution in [3.05, 3.63) is 41.4 Å². The van der Waals surface area contributed by atoms with E-state index in [2.05, 4.69) is 6.58 Å². The predicted octanol–water partition coefficient (Wildman–Crippen LogP) is 2.87. The SMILES string of the molecule is C=C(O)c1ccc(Cl)cc1.[Ac]. The molecule has 0 spiro atoms. The van der Waals surface area contributed by atoms with Gasteiger partial charge in [0.1, 0.15) is 5.76 Å². The zero-order chi connectivity index (χ0) is 7.56. The largest absolute Gasteiger partial charge is 0.508 e. The second kappa shape index (κ2) is 5.19. The van der Waals surface area contributed by atoms with Crippen LogP contribution in [0, 0.1) is 44.1 Å². The molecule has 1 nitrogen and oxygen atoms in total. The number of aliphatic hydroxyl groups is 1. The van der Waals surface area contributed by atoms with Gasteiger partial charge in [0.25, 0.3) is 0 Å². The number of rotatable bonds is 1. The normalized spacial score (nSPS) is 8.45. The van der Waals surface area contributed by atoms with Crippen molar-refractivity contribution in [3.63, 3.8) is 0 Å². The molecule has 1 aromatic carbocycles. The van der Waals surface area contributed by atoms with Gasteiger partial charge in [-0.15, -0.1) is 0 Å². The molecule has 1 aromatic rings. The third-order valence-electron chi connectivity index (χ3n) is 1.18. The van der Waals surface area contributed by atoms with Crippen LogP contribution in [0.3, 0.4) is 0 Å². The van der Waals surface area contributed by atoms with E-state index in [1.54, 1.807) is 24.3 Å². The molecule has 0 amide bonds. The molecule has 0 aromatic heterocycles. The fourth-order valence-electron chi connectivity index (χ4n) is 0.642. The summed E-state index contributed by atoms with van der Waals surface area (Å²) in [6.45, 7) is 3.37. The summed E-state index contributed by atoms with van der Waals surface area (Å²) in [7, 11) is 0. The van der Waals surface area contributed by atoms with E-state index in [1.165, 1.54) is 0 Å². The number of hydrogen-bond acceptors (Lipinski definition) is 1.